The first-order valence-electron chi connectivity index (χ1n) is 9.76. The van der Waals surface area contributed by atoms with E-state index in [4.69, 9.17) is 16.0 Å². The fraction of sp³-hybridized carbons (Fsp3) is 0.217. The van der Waals surface area contributed by atoms with Crippen LogP contribution >= 0.6 is 23.4 Å². The third kappa shape index (κ3) is 4.89. The predicted molar refractivity (Wildman–Crippen MR) is 118 cm³/mol. The van der Waals surface area contributed by atoms with Crippen molar-refractivity contribution >= 4 is 40.9 Å². The van der Waals surface area contributed by atoms with Gasteiger partial charge in [-0.15, -0.1) is 0 Å². The third-order valence-corrected chi connectivity index (χ3v) is 6.60. The molecule has 154 valence electrons. The topological polar surface area (TPSA) is 62.6 Å². The van der Waals surface area contributed by atoms with Crippen LogP contribution < -0.4 is 5.32 Å². The summed E-state index contributed by atoms with van der Waals surface area (Å²) >= 11 is 7.79. The van der Waals surface area contributed by atoms with Gasteiger partial charge in [0.25, 0.3) is 5.91 Å². The minimum Gasteiger partial charge on any atom is -0.459 e. The number of nitrogens with zero attached hydrogens (tertiary/aromatic N) is 1. The number of amides is 2. The van der Waals surface area contributed by atoms with Gasteiger partial charge in [0, 0.05) is 34.5 Å². The minimum absolute atomic E-state index is 0.00777. The Morgan fingerprint density at radius 2 is 1.73 bits per heavy atom. The number of carbonyl (C=O) groups excluding carboxylic acids is 2. The van der Waals surface area contributed by atoms with E-state index in [1.165, 1.54) is 6.26 Å². The van der Waals surface area contributed by atoms with Crippen LogP contribution in [0.3, 0.4) is 0 Å². The first-order chi connectivity index (χ1) is 14.6. The molecule has 0 spiro atoms. The van der Waals surface area contributed by atoms with Crippen LogP contribution in [0.25, 0.3) is 0 Å². The Morgan fingerprint density at radius 1 is 1.00 bits per heavy atom. The van der Waals surface area contributed by atoms with Gasteiger partial charge in [-0.25, -0.2) is 0 Å². The molecule has 2 amide bonds. The summed E-state index contributed by atoms with van der Waals surface area (Å²) in [5, 5.41) is 3.71. The summed E-state index contributed by atoms with van der Waals surface area (Å²) in [6, 6.07) is 18.8. The minimum atomic E-state index is -0.120. The molecule has 1 aromatic heterocycles. The van der Waals surface area contributed by atoms with Crippen LogP contribution in [0, 0.1) is 5.92 Å². The van der Waals surface area contributed by atoms with E-state index >= 15 is 0 Å². The molecule has 0 radical (unpaired) electrons. The number of rotatable bonds is 5. The molecule has 3 aromatic rings. The van der Waals surface area contributed by atoms with E-state index in [0.29, 0.717) is 31.7 Å². The predicted octanol–water partition coefficient (Wildman–Crippen LogP) is 5.58. The highest BCUT2D eigenvalue weighted by Crippen LogP contribution is 2.33. The number of piperidine rings is 1. The van der Waals surface area contributed by atoms with E-state index < -0.39 is 0 Å². The summed E-state index contributed by atoms with van der Waals surface area (Å²) in [5.41, 5.74) is 0.762. The second-order valence-electron chi connectivity index (χ2n) is 7.09. The molecule has 1 aliphatic heterocycles. The molecule has 4 rings (SSSR count). The summed E-state index contributed by atoms with van der Waals surface area (Å²) in [6.45, 7) is 1.09. The van der Waals surface area contributed by atoms with Crippen molar-refractivity contribution in [2.75, 3.05) is 18.4 Å². The molecule has 5 nitrogen and oxygen atoms in total. The standard InChI is InChI=1S/C23H21ClN2O3S/c24-19-4-1-2-6-21(19)30-18-9-7-17(8-10-18)25-22(27)16-11-13-26(14-12-16)23(28)20-5-3-15-29-20/h1-10,15-16H,11-14H2,(H,25,27). The second-order valence-corrected chi connectivity index (χ2v) is 8.61. The van der Waals surface area contributed by atoms with Crippen molar-refractivity contribution in [3.05, 3.63) is 77.7 Å². The van der Waals surface area contributed by atoms with Crippen molar-refractivity contribution in [3.63, 3.8) is 0 Å². The first-order valence-corrected chi connectivity index (χ1v) is 11.0. The molecule has 1 fully saturated rings. The molecule has 1 aliphatic rings. The van der Waals surface area contributed by atoms with Gasteiger partial charge >= 0.3 is 0 Å². The highest BCUT2D eigenvalue weighted by molar-refractivity contribution is 7.99. The summed E-state index contributed by atoms with van der Waals surface area (Å²) in [7, 11) is 0. The number of benzene rings is 2. The summed E-state index contributed by atoms with van der Waals surface area (Å²) < 4.78 is 5.18. The Hall–Kier alpha value is -2.70. The molecule has 1 saturated heterocycles. The highest BCUT2D eigenvalue weighted by Gasteiger charge is 2.28. The zero-order valence-electron chi connectivity index (χ0n) is 16.2. The lowest BCUT2D eigenvalue weighted by Crippen LogP contribution is -2.41. The van der Waals surface area contributed by atoms with Gasteiger partial charge in [0.1, 0.15) is 0 Å². The molecule has 0 saturated carbocycles. The number of nitrogens with one attached hydrogen (secondary N) is 1. The van der Waals surface area contributed by atoms with E-state index in [-0.39, 0.29) is 17.7 Å². The fourth-order valence-corrected chi connectivity index (χ4v) is 4.50. The van der Waals surface area contributed by atoms with Crippen LogP contribution in [0.5, 0.6) is 0 Å². The Bertz CT molecular complexity index is 1010. The maximum absolute atomic E-state index is 12.6. The molecule has 1 N–H and O–H groups in total. The van der Waals surface area contributed by atoms with Crippen molar-refractivity contribution in [2.45, 2.75) is 22.6 Å². The van der Waals surface area contributed by atoms with Crippen LogP contribution in [-0.2, 0) is 4.79 Å². The number of halogens is 1. The lowest BCUT2D eigenvalue weighted by Gasteiger charge is -2.30. The molecule has 0 atom stereocenters. The largest absolute Gasteiger partial charge is 0.459 e. The van der Waals surface area contributed by atoms with Gasteiger partial charge in [-0.1, -0.05) is 35.5 Å². The Labute approximate surface area is 184 Å². The van der Waals surface area contributed by atoms with Crippen LogP contribution in [-0.4, -0.2) is 29.8 Å². The zero-order valence-corrected chi connectivity index (χ0v) is 17.8. The van der Waals surface area contributed by atoms with Crippen molar-refractivity contribution in [1.29, 1.82) is 0 Å². The second kappa shape index (κ2) is 9.41. The Balaban J connectivity index is 1.29. The average molecular weight is 441 g/mol. The smallest absolute Gasteiger partial charge is 0.289 e. The molecular formula is C23H21ClN2O3S. The van der Waals surface area contributed by atoms with Crippen molar-refractivity contribution < 1.29 is 14.0 Å². The quantitative estimate of drug-likeness (QED) is 0.563. The highest BCUT2D eigenvalue weighted by atomic mass is 35.5. The summed E-state index contributed by atoms with van der Waals surface area (Å²) in [4.78, 5) is 28.8. The number of furan rings is 1. The SMILES string of the molecule is O=C(Nc1ccc(Sc2ccccc2Cl)cc1)C1CCN(C(=O)c2ccco2)CC1. The number of carbonyl (C=O) groups is 2. The molecule has 0 bridgehead atoms. The number of anilines is 1. The number of hydrogen-bond acceptors (Lipinski definition) is 4. The van der Waals surface area contributed by atoms with E-state index in [2.05, 4.69) is 5.32 Å². The monoisotopic (exact) mass is 440 g/mol. The molecule has 0 unspecified atom stereocenters. The summed E-state index contributed by atoms with van der Waals surface area (Å²) in [5.74, 6) is 0.104. The first kappa shape index (κ1) is 20.6. The fourth-order valence-electron chi connectivity index (χ4n) is 3.41. The number of hydrogen-bond donors (Lipinski definition) is 1. The molecular weight excluding hydrogens is 420 g/mol. The lowest BCUT2D eigenvalue weighted by molar-refractivity contribution is -0.121. The van der Waals surface area contributed by atoms with Crippen molar-refractivity contribution in [1.82, 2.24) is 4.90 Å². The van der Waals surface area contributed by atoms with E-state index in [1.807, 2.05) is 48.5 Å². The van der Waals surface area contributed by atoms with Crippen LogP contribution in [0.4, 0.5) is 5.69 Å². The van der Waals surface area contributed by atoms with Gasteiger partial charge in [0.2, 0.25) is 5.91 Å². The van der Waals surface area contributed by atoms with Crippen molar-refractivity contribution in [3.8, 4) is 0 Å². The van der Waals surface area contributed by atoms with Crippen LogP contribution in [0.1, 0.15) is 23.4 Å². The lowest BCUT2D eigenvalue weighted by atomic mass is 9.95. The Kier molecular flexibility index (Phi) is 6.45. The number of likely N-dealkylation sites (tertiary alicyclic amines) is 1. The van der Waals surface area contributed by atoms with Crippen LogP contribution in [0.2, 0.25) is 5.02 Å². The van der Waals surface area contributed by atoms with E-state index in [0.717, 1.165) is 20.5 Å². The third-order valence-electron chi connectivity index (χ3n) is 5.07. The normalized spacial score (nSPS) is 14.5. The molecule has 2 heterocycles. The van der Waals surface area contributed by atoms with Crippen LogP contribution in [0.15, 0.2) is 81.1 Å². The Morgan fingerprint density at radius 3 is 2.40 bits per heavy atom. The van der Waals surface area contributed by atoms with Gasteiger partial charge in [0.15, 0.2) is 5.76 Å². The van der Waals surface area contributed by atoms with E-state index in [1.54, 1.807) is 28.8 Å². The van der Waals surface area contributed by atoms with Gasteiger partial charge in [-0.3, -0.25) is 9.59 Å². The van der Waals surface area contributed by atoms with Gasteiger partial charge in [-0.05, 0) is 61.4 Å². The maximum Gasteiger partial charge on any atom is 0.289 e. The molecule has 7 heteroatoms. The average Bonchev–Trinajstić information content (AvgIpc) is 3.31. The molecule has 30 heavy (non-hydrogen) atoms. The van der Waals surface area contributed by atoms with Gasteiger partial charge in [-0.2, -0.15) is 0 Å². The van der Waals surface area contributed by atoms with Gasteiger partial charge < -0.3 is 14.6 Å². The van der Waals surface area contributed by atoms with Gasteiger partial charge in [0.05, 0.1) is 11.3 Å². The summed E-state index contributed by atoms with van der Waals surface area (Å²) in [6.07, 6.45) is 2.77. The van der Waals surface area contributed by atoms with Crippen molar-refractivity contribution in [2.24, 2.45) is 5.92 Å². The molecule has 2 aromatic carbocycles. The zero-order chi connectivity index (χ0) is 20.9. The maximum atomic E-state index is 12.6. The molecule has 0 aliphatic carbocycles. The van der Waals surface area contributed by atoms with E-state index in [9.17, 15) is 9.59 Å².